The fraction of sp³-hybridized carbons (Fsp3) is 0.385. The van der Waals surface area contributed by atoms with Crippen LogP contribution in [0.1, 0.15) is 92.5 Å². The van der Waals surface area contributed by atoms with Crippen molar-refractivity contribution in [2.75, 3.05) is 19.6 Å². The molecule has 11 rings (SSSR count). The van der Waals surface area contributed by atoms with E-state index in [1.54, 1.807) is 0 Å². The van der Waals surface area contributed by atoms with Gasteiger partial charge < -0.3 is 18.9 Å². The van der Waals surface area contributed by atoms with Gasteiger partial charge >= 0.3 is 0 Å². The molecule has 2 amide bonds. The zero-order valence-corrected chi connectivity index (χ0v) is 38.4. The molecule has 4 aliphatic heterocycles. The predicted molar refractivity (Wildman–Crippen MR) is 249 cm³/mol. The molecule has 4 aromatic carbocycles. The Morgan fingerprint density at radius 1 is 0.694 bits per heavy atom. The van der Waals surface area contributed by atoms with Crippen LogP contribution in [0.4, 0.5) is 0 Å². The molecule has 6 aromatic rings. The first-order valence-corrected chi connectivity index (χ1v) is 24.2. The molecular formula is C52H52Br2N6O2. The van der Waals surface area contributed by atoms with Crippen LogP contribution in [0.15, 0.2) is 125 Å². The van der Waals surface area contributed by atoms with E-state index in [0.29, 0.717) is 37.3 Å². The van der Waals surface area contributed by atoms with Gasteiger partial charge in [0, 0.05) is 70.5 Å². The number of likely N-dealkylation sites (tertiary alicyclic amines) is 2. The summed E-state index contributed by atoms with van der Waals surface area (Å²) in [4.78, 5) is 44.2. The van der Waals surface area contributed by atoms with Crippen molar-refractivity contribution in [1.82, 2.24) is 28.9 Å². The van der Waals surface area contributed by atoms with Gasteiger partial charge in [-0.2, -0.15) is 0 Å². The van der Waals surface area contributed by atoms with E-state index in [4.69, 9.17) is 9.97 Å². The van der Waals surface area contributed by atoms with E-state index >= 15 is 4.79 Å². The Hall–Kier alpha value is -4.80. The molecule has 6 heterocycles. The van der Waals surface area contributed by atoms with E-state index in [-0.39, 0.29) is 17.7 Å². The predicted octanol–water partition coefficient (Wildman–Crippen LogP) is 10.8. The molecule has 2 saturated heterocycles. The summed E-state index contributed by atoms with van der Waals surface area (Å²) in [7, 11) is 0. The van der Waals surface area contributed by atoms with Crippen LogP contribution in [-0.4, -0.2) is 66.4 Å². The van der Waals surface area contributed by atoms with Gasteiger partial charge in [-0.15, -0.1) is 0 Å². The van der Waals surface area contributed by atoms with Gasteiger partial charge in [-0.1, -0.05) is 118 Å². The second-order valence-corrected chi connectivity index (χ2v) is 20.6. The highest BCUT2D eigenvalue weighted by Gasteiger charge is 2.50. The van der Waals surface area contributed by atoms with Crippen molar-refractivity contribution >= 4 is 43.7 Å². The van der Waals surface area contributed by atoms with E-state index in [1.807, 2.05) is 18.6 Å². The topological polar surface area (TPSA) is 76.3 Å². The zero-order valence-electron chi connectivity index (χ0n) is 35.2. The molecular weight excluding hydrogens is 900 g/mol. The zero-order chi connectivity index (χ0) is 42.2. The van der Waals surface area contributed by atoms with Gasteiger partial charge in [0.2, 0.25) is 11.8 Å². The van der Waals surface area contributed by atoms with Crippen molar-refractivity contribution in [2.24, 2.45) is 17.8 Å². The molecule has 6 atom stereocenters. The number of carbonyl (C=O) groups is 2. The molecule has 0 spiro atoms. The number of fused-ring (bicyclic) bond motifs is 7. The van der Waals surface area contributed by atoms with E-state index in [9.17, 15) is 4.79 Å². The standard InChI is InChI=1S/C52H52Br2N6O2/c1-34-28-35(33-57(32-34)46(61)30-51(38-15-19-40(53)20-16-38)43-12-4-3-11-42(43)49-55-23-26-59(49)51)29-37-9-6-13-44-48(37)50-56-24-27-60(50)52(44,39-17-21-41(54)22-18-39)31-47(62)58-25-7-10-36-8-2-5-14-45(36)58/h3-4,6,9,11-13,15-24,26-27,34-36,45H,2,5,7-8,10,14,25,28-33H2,1H3. The van der Waals surface area contributed by atoms with Crippen LogP contribution in [-0.2, 0) is 27.1 Å². The van der Waals surface area contributed by atoms with Crippen molar-refractivity contribution in [3.05, 3.63) is 153 Å². The van der Waals surface area contributed by atoms with Crippen LogP contribution >= 0.6 is 31.9 Å². The van der Waals surface area contributed by atoms with Crippen LogP contribution in [0.5, 0.6) is 0 Å². The molecule has 3 fully saturated rings. The Balaban J connectivity index is 0.926. The number of imidazole rings is 2. The average molecular weight is 953 g/mol. The molecule has 6 unspecified atom stereocenters. The maximum absolute atomic E-state index is 15.0. The van der Waals surface area contributed by atoms with Crippen molar-refractivity contribution in [3.8, 4) is 22.8 Å². The summed E-state index contributed by atoms with van der Waals surface area (Å²) in [6.45, 7) is 4.55. The fourth-order valence-electron chi connectivity index (χ4n) is 12.6. The fourth-order valence-corrected chi connectivity index (χ4v) is 13.1. The largest absolute Gasteiger partial charge is 0.342 e. The quantitative estimate of drug-likeness (QED) is 0.152. The van der Waals surface area contributed by atoms with Gasteiger partial charge in [-0.3, -0.25) is 9.59 Å². The van der Waals surface area contributed by atoms with Crippen molar-refractivity contribution in [3.63, 3.8) is 0 Å². The number of benzene rings is 4. The lowest BCUT2D eigenvalue weighted by Gasteiger charge is -2.45. The molecule has 1 aliphatic carbocycles. The number of halogens is 2. The number of nitrogens with zero attached hydrogens (tertiary/aromatic N) is 6. The number of rotatable bonds is 8. The lowest BCUT2D eigenvalue weighted by atomic mass is 9.76. The van der Waals surface area contributed by atoms with E-state index in [1.165, 1.54) is 31.2 Å². The first kappa shape index (κ1) is 40.0. The van der Waals surface area contributed by atoms with Crippen LogP contribution in [0.2, 0.25) is 0 Å². The monoisotopic (exact) mass is 950 g/mol. The molecule has 62 heavy (non-hydrogen) atoms. The summed E-state index contributed by atoms with van der Waals surface area (Å²) < 4.78 is 6.54. The van der Waals surface area contributed by atoms with Gasteiger partial charge in [0.1, 0.15) is 22.7 Å². The van der Waals surface area contributed by atoms with Gasteiger partial charge in [0.15, 0.2) is 0 Å². The summed E-state index contributed by atoms with van der Waals surface area (Å²) in [5.74, 6) is 3.42. The maximum Gasteiger partial charge on any atom is 0.225 e. The lowest BCUT2D eigenvalue weighted by molar-refractivity contribution is -0.139. The van der Waals surface area contributed by atoms with Gasteiger partial charge in [-0.25, -0.2) is 9.97 Å². The summed E-state index contributed by atoms with van der Waals surface area (Å²) in [6.07, 6.45) is 17.5. The molecule has 316 valence electrons. The third kappa shape index (κ3) is 6.40. The normalized spacial score (nSPS) is 26.0. The van der Waals surface area contributed by atoms with E-state index in [0.717, 1.165) is 92.7 Å². The highest BCUT2D eigenvalue weighted by molar-refractivity contribution is 9.10. The Morgan fingerprint density at radius 3 is 2.08 bits per heavy atom. The maximum atomic E-state index is 15.0. The van der Waals surface area contributed by atoms with Crippen molar-refractivity contribution < 1.29 is 9.59 Å². The number of carbonyl (C=O) groups excluding carboxylic acids is 2. The summed E-state index contributed by atoms with van der Waals surface area (Å²) in [5.41, 5.74) is 6.43. The molecule has 10 heteroatoms. The van der Waals surface area contributed by atoms with Crippen LogP contribution in [0.25, 0.3) is 22.8 Å². The third-order valence-corrected chi connectivity index (χ3v) is 16.2. The number of amides is 2. The SMILES string of the molecule is CC1CC(Cc2cccc3c2-c2nccn2C3(CC(=O)N2CCCC3CCCCC32)c2ccc(Br)cc2)CN(C(=O)CC2(c3ccc(Br)cc3)c3ccccc3-c3nccn32)C1. The number of hydrogen-bond acceptors (Lipinski definition) is 4. The second kappa shape index (κ2) is 15.8. The Bertz CT molecular complexity index is 2670. The van der Waals surface area contributed by atoms with Gasteiger partial charge in [-0.05, 0) is 108 Å². The average Bonchev–Trinajstić information content (AvgIpc) is 4.08. The van der Waals surface area contributed by atoms with Gasteiger partial charge in [0.05, 0.1) is 12.8 Å². The van der Waals surface area contributed by atoms with E-state index in [2.05, 4.69) is 155 Å². The highest BCUT2D eigenvalue weighted by atomic mass is 79.9. The van der Waals surface area contributed by atoms with Gasteiger partial charge in [0.25, 0.3) is 0 Å². The minimum Gasteiger partial charge on any atom is -0.342 e. The molecule has 0 N–H and O–H groups in total. The molecule has 5 aliphatic rings. The first-order valence-electron chi connectivity index (χ1n) is 22.6. The molecule has 2 aromatic heterocycles. The Kier molecular flexibility index (Phi) is 10.2. The van der Waals surface area contributed by atoms with Crippen LogP contribution in [0.3, 0.4) is 0 Å². The number of hydrogen-bond donors (Lipinski definition) is 0. The van der Waals surface area contributed by atoms with Crippen LogP contribution < -0.4 is 0 Å². The minimum atomic E-state index is -0.733. The smallest absolute Gasteiger partial charge is 0.225 e. The summed E-state index contributed by atoms with van der Waals surface area (Å²) in [5, 5.41) is 0. The third-order valence-electron chi connectivity index (χ3n) is 15.2. The van der Waals surface area contributed by atoms with Crippen molar-refractivity contribution in [1.29, 1.82) is 0 Å². The first-order chi connectivity index (χ1) is 30.2. The summed E-state index contributed by atoms with van der Waals surface area (Å²) >= 11 is 7.34. The molecule has 1 saturated carbocycles. The van der Waals surface area contributed by atoms with Crippen LogP contribution in [0, 0.1) is 17.8 Å². The Labute approximate surface area is 381 Å². The molecule has 0 radical (unpaired) electrons. The highest BCUT2D eigenvalue weighted by Crippen LogP contribution is 2.53. The van der Waals surface area contributed by atoms with Crippen molar-refractivity contribution in [2.45, 2.75) is 88.3 Å². The second-order valence-electron chi connectivity index (χ2n) is 18.8. The molecule has 8 nitrogen and oxygen atoms in total. The lowest BCUT2D eigenvalue weighted by Crippen LogP contribution is -2.51. The Morgan fingerprint density at radius 2 is 1.32 bits per heavy atom. The molecule has 0 bridgehead atoms. The minimum absolute atomic E-state index is 0.153. The van der Waals surface area contributed by atoms with E-state index < -0.39 is 11.1 Å². The number of aromatic nitrogens is 4. The summed E-state index contributed by atoms with van der Waals surface area (Å²) in [6, 6.07) is 32.5. The number of piperidine rings is 2.